The number of rotatable bonds is 11. The van der Waals surface area contributed by atoms with E-state index in [0.29, 0.717) is 30.2 Å². The van der Waals surface area contributed by atoms with Gasteiger partial charge in [-0.05, 0) is 73.6 Å². The molecule has 0 aliphatic carbocycles. The van der Waals surface area contributed by atoms with Crippen LogP contribution in [-0.4, -0.2) is 28.4 Å². The molecule has 0 bridgehead atoms. The van der Waals surface area contributed by atoms with Crippen LogP contribution in [0, 0.1) is 5.41 Å². The van der Waals surface area contributed by atoms with Crippen LogP contribution >= 0.6 is 0 Å². The summed E-state index contributed by atoms with van der Waals surface area (Å²) in [6, 6.07) is 16.7. The van der Waals surface area contributed by atoms with E-state index in [2.05, 4.69) is 43.9 Å². The van der Waals surface area contributed by atoms with Crippen molar-refractivity contribution >= 4 is 11.6 Å². The third-order valence-corrected chi connectivity index (χ3v) is 7.30. The standard InChI is InChI=1S/C32H36N2O4/c1-4-9-28(33)24-18-21(10-7-6-8-17-34-31(37)5-2)11-14-25(24)32(3)26-15-12-22(35)19-29(26)38-30-20-23(36)13-16-27(30)32/h5,11-16,18-20,33,35-36H,2,4,6-10,17H2,1,3H3,(H,34,37). The van der Waals surface area contributed by atoms with Crippen molar-refractivity contribution in [3.63, 3.8) is 0 Å². The lowest BCUT2D eigenvalue weighted by Gasteiger charge is -2.39. The number of phenols is 2. The molecule has 0 aromatic heterocycles. The summed E-state index contributed by atoms with van der Waals surface area (Å²) in [6.07, 6.45) is 6.58. The Hall–Kier alpha value is -4.06. The van der Waals surface area contributed by atoms with Crippen LogP contribution in [0.3, 0.4) is 0 Å². The molecule has 4 N–H and O–H groups in total. The Morgan fingerprint density at radius 1 is 0.974 bits per heavy atom. The number of aryl methyl sites for hydroxylation is 1. The molecular weight excluding hydrogens is 476 g/mol. The number of benzene rings is 3. The number of carbonyl (C=O) groups is 1. The molecule has 1 heterocycles. The van der Waals surface area contributed by atoms with Crippen LogP contribution in [0.2, 0.25) is 0 Å². The van der Waals surface area contributed by atoms with Crippen molar-refractivity contribution < 1.29 is 19.7 Å². The molecule has 0 unspecified atom stereocenters. The Morgan fingerprint density at radius 3 is 2.21 bits per heavy atom. The van der Waals surface area contributed by atoms with Gasteiger partial charge in [0.2, 0.25) is 5.91 Å². The lowest BCUT2D eigenvalue weighted by molar-refractivity contribution is -0.116. The second-order valence-corrected chi connectivity index (χ2v) is 10.0. The van der Waals surface area contributed by atoms with Gasteiger partial charge < -0.3 is 25.7 Å². The Labute approximate surface area is 224 Å². The number of nitrogens with one attached hydrogen (secondary N) is 2. The molecule has 3 aromatic rings. The number of hydrogen-bond acceptors (Lipinski definition) is 5. The van der Waals surface area contributed by atoms with Gasteiger partial charge in [-0.15, -0.1) is 0 Å². The number of aromatic hydroxyl groups is 2. The summed E-state index contributed by atoms with van der Waals surface area (Å²) in [5.74, 6) is 1.13. The topological polar surface area (TPSA) is 103 Å². The molecule has 1 aliphatic heterocycles. The fourth-order valence-electron chi connectivity index (χ4n) is 5.30. The van der Waals surface area contributed by atoms with E-state index in [1.54, 1.807) is 24.3 Å². The predicted octanol–water partition coefficient (Wildman–Crippen LogP) is 6.74. The summed E-state index contributed by atoms with van der Waals surface area (Å²) in [5, 5.41) is 32.1. The number of hydrogen-bond donors (Lipinski definition) is 4. The minimum atomic E-state index is -0.665. The third kappa shape index (κ3) is 5.44. The summed E-state index contributed by atoms with van der Waals surface area (Å²) in [4.78, 5) is 11.3. The van der Waals surface area contributed by atoms with Crippen LogP contribution in [0.5, 0.6) is 23.0 Å². The molecule has 4 rings (SSSR count). The Morgan fingerprint density at radius 2 is 1.61 bits per heavy atom. The molecular formula is C32H36N2O4. The van der Waals surface area contributed by atoms with Gasteiger partial charge in [-0.1, -0.05) is 50.6 Å². The van der Waals surface area contributed by atoms with Crippen molar-refractivity contribution in [2.24, 2.45) is 0 Å². The first kappa shape index (κ1) is 27.0. The maximum absolute atomic E-state index is 11.3. The lowest BCUT2D eigenvalue weighted by atomic mass is 9.67. The van der Waals surface area contributed by atoms with Crippen molar-refractivity contribution in [3.05, 3.63) is 95.1 Å². The zero-order valence-corrected chi connectivity index (χ0v) is 22.1. The average Bonchev–Trinajstić information content (AvgIpc) is 2.90. The Kier molecular flexibility index (Phi) is 8.20. The second-order valence-electron chi connectivity index (χ2n) is 10.0. The van der Waals surface area contributed by atoms with Gasteiger partial charge in [-0.2, -0.15) is 0 Å². The number of phenolic OH excluding ortho intramolecular Hbond substituents is 2. The van der Waals surface area contributed by atoms with Crippen molar-refractivity contribution in [2.45, 2.75) is 57.8 Å². The van der Waals surface area contributed by atoms with E-state index < -0.39 is 5.41 Å². The molecule has 6 heteroatoms. The molecule has 0 spiro atoms. The smallest absolute Gasteiger partial charge is 0.243 e. The van der Waals surface area contributed by atoms with Gasteiger partial charge in [0.1, 0.15) is 23.0 Å². The molecule has 0 radical (unpaired) electrons. The highest BCUT2D eigenvalue weighted by molar-refractivity contribution is 6.00. The van der Waals surface area contributed by atoms with E-state index in [-0.39, 0.29) is 17.4 Å². The molecule has 0 saturated heterocycles. The Balaban J connectivity index is 1.71. The van der Waals surface area contributed by atoms with Crippen molar-refractivity contribution in [2.75, 3.05) is 6.54 Å². The zero-order valence-electron chi connectivity index (χ0n) is 22.1. The van der Waals surface area contributed by atoms with Gasteiger partial charge in [0.25, 0.3) is 0 Å². The zero-order chi connectivity index (χ0) is 27.3. The summed E-state index contributed by atoms with van der Waals surface area (Å²) in [6.45, 7) is 8.31. The minimum Gasteiger partial charge on any atom is -0.508 e. The van der Waals surface area contributed by atoms with Crippen LogP contribution in [0.1, 0.15) is 73.8 Å². The maximum atomic E-state index is 11.3. The fourth-order valence-corrected chi connectivity index (χ4v) is 5.30. The summed E-state index contributed by atoms with van der Waals surface area (Å²) in [7, 11) is 0. The molecule has 0 atom stereocenters. The number of carbonyl (C=O) groups excluding carboxylic acids is 1. The number of fused-ring (bicyclic) bond motifs is 2. The molecule has 6 nitrogen and oxygen atoms in total. The number of amides is 1. The van der Waals surface area contributed by atoms with Crippen LogP contribution < -0.4 is 10.1 Å². The monoisotopic (exact) mass is 512 g/mol. The second kappa shape index (κ2) is 11.5. The van der Waals surface area contributed by atoms with E-state index in [1.165, 1.54) is 11.6 Å². The average molecular weight is 513 g/mol. The van der Waals surface area contributed by atoms with Crippen LogP contribution in [-0.2, 0) is 16.6 Å². The number of unbranched alkanes of at least 4 members (excludes halogenated alkanes) is 2. The first-order valence-corrected chi connectivity index (χ1v) is 13.2. The van der Waals surface area contributed by atoms with Gasteiger partial charge in [0, 0.05) is 35.5 Å². The van der Waals surface area contributed by atoms with E-state index in [0.717, 1.165) is 54.4 Å². The van der Waals surface area contributed by atoms with Crippen LogP contribution in [0.25, 0.3) is 0 Å². The largest absolute Gasteiger partial charge is 0.508 e. The van der Waals surface area contributed by atoms with Crippen molar-refractivity contribution in [1.82, 2.24) is 5.32 Å². The first-order valence-electron chi connectivity index (χ1n) is 13.2. The van der Waals surface area contributed by atoms with Crippen molar-refractivity contribution in [3.8, 4) is 23.0 Å². The maximum Gasteiger partial charge on any atom is 0.243 e. The van der Waals surface area contributed by atoms with E-state index in [1.807, 2.05) is 12.1 Å². The predicted molar refractivity (Wildman–Crippen MR) is 151 cm³/mol. The normalized spacial score (nSPS) is 13.1. The quantitative estimate of drug-likeness (QED) is 0.130. The third-order valence-electron chi connectivity index (χ3n) is 7.30. The van der Waals surface area contributed by atoms with Gasteiger partial charge in [0.05, 0.1) is 5.41 Å². The first-order chi connectivity index (χ1) is 18.3. The summed E-state index contributed by atoms with van der Waals surface area (Å²) >= 11 is 0. The van der Waals surface area contributed by atoms with Gasteiger partial charge in [-0.25, -0.2) is 0 Å². The molecule has 38 heavy (non-hydrogen) atoms. The SMILES string of the molecule is C=CC(=O)NCCCCCc1ccc(C2(C)c3ccc(O)cc3Oc3cc(O)ccc32)c(C(=N)CCC)c1. The highest BCUT2D eigenvalue weighted by Crippen LogP contribution is 2.53. The van der Waals surface area contributed by atoms with E-state index in [4.69, 9.17) is 10.1 Å². The van der Waals surface area contributed by atoms with E-state index in [9.17, 15) is 15.0 Å². The highest BCUT2D eigenvalue weighted by Gasteiger charge is 2.41. The molecule has 3 aromatic carbocycles. The molecule has 1 amide bonds. The Bertz CT molecular complexity index is 1310. The number of ether oxygens (including phenoxy) is 1. The van der Waals surface area contributed by atoms with Crippen molar-refractivity contribution in [1.29, 1.82) is 5.41 Å². The van der Waals surface area contributed by atoms with E-state index >= 15 is 0 Å². The molecule has 0 fully saturated rings. The van der Waals surface area contributed by atoms with Gasteiger partial charge in [0.15, 0.2) is 0 Å². The van der Waals surface area contributed by atoms with Crippen LogP contribution in [0.15, 0.2) is 67.3 Å². The molecule has 0 saturated carbocycles. The molecule has 198 valence electrons. The van der Waals surface area contributed by atoms with Gasteiger partial charge >= 0.3 is 0 Å². The fraction of sp³-hybridized carbons (Fsp3) is 0.312. The van der Waals surface area contributed by atoms with Gasteiger partial charge in [-0.3, -0.25) is 4.79 Å². The minimum absolute atomic E-state index is 0.105. The highest BCUT2D eigenvalue weighted by atomic mass is 16.5. The molecule has 1 aliphatic rings. The van der Waals surface area contributed by atoms with Crippen LogP contribution in [0.4, 0.5) is 0 Å². The lowest BCUT2D eigenvalue weighted by Crippen LogP contribution is -2.31. The summed E-state index contributed by atoms with van der Waals surface area (Å²) in [5.41, 5.74) is 4.79. The summed E-state index contributed by atoms with van der Waals surface area (Å²) < 4.78 is 6.13.